The minimum atomic E-state index is -1.02. The van der Waals surface area contributed by atoms with Crippen molar-refractivity contribution in [3.63, 3.8) is 0 Å². The summed E-state index contributed by atoms with van der Waals surface area (Å²) in [5, 5.41) is 17.2. The molecular formula is C14H20ClNO5. The van der Waals surface area contributed by atoms with Crippen molar-refractivity contribution < 1.29 is 24.5 Å². The highest BCUT2D eigenvalue weighted by atomic mass is 35.5. The third-order valence-electron chi connectivity index (χ3n) is 2.95. The molecule has 0 aliphatic carbocycles. The Morgan fingerprint density at radius 3 is 2.24 bits per heavy atom. The van der Waals surface area contributed by atoms with E-state index in [0.717, 1.165) is 5.56 Å². The largest absolute Gasteiger partial charge is 0.482 e. The van der Waals surface area contributed by atoms with Gasteiger partial charge in [-0.15, -0.1) is 12.4 Å². The van der Waals surface area contributed by atoms with Gasteiger partial charge in [0.2, 0.25) is 0 Å². The summed E-state index contributed by atoms with van der Waals surface area (Å²) in [5.74, 6) is -1.36. The summed E-state index contributed by atoms with van der Waals surface area (Å²) in [6.45, 7) is 1.59. The van der Waals surface area contributed by atoms with Crippen molar-refractivity contribution in [3.8, 4) is 5.75 Å². The molecule has 118 valence electrons. The van der Waals surface area contributed by atoms with Crippen molar-refractivity contribution in [2.75, 3.05) is 20.2 Å². The number of ether oxygens (including phenoxy) is 1. The quantitative estimate of drug-likeness (QED) is 0.756. The van der Waals surface area contributed by atoms with Gasteiger partial charge in [-0.2, -0.15) is 0 Å². The third-order valence-corrected chi connectivity index (χ3v) is 2.95. The van der Waals surface area contributed by atoms with Crippen LogP contribution < -0.4 is 4.74 Å². The molecule has 0 saturated heterocycles. The Morgan fingerprint density at radius 1 is 1.19 bits per heavy atom. The third kappa shape index (κ3) is 7.53. The minimum absolute atomic E-state index is 0. The molecule has 0 fully saturated rings. The first kappa shape index (κ1) is 19.2. The highest BCUT2D eigenvalue weighted by Crippen LogP contribution is 2.14. The molecule has 0 saturated carbocycles. The maximum Gasteiger partial charge on any atom is 0.341 e. The van der Waals surface area contributed by atoms with Gasteiger partial charge in [0.25, 0.3) is 0 Å². The molecule has 1 aromatic carbocycles. The number of rotatable bonds is 8. The Morgan fingerprint density at radius 2 is 1.76 bits per heavy atom. The van der Waals surface area contributed by atoms with Gasteiger partial charge in [-0.3, -0.25) is 9.69 Å². The summed E-state index contributed by atoms with van der Waals surface area (Å²) in [7, 11) is 1.77. The van der Waals surface area contributed by atoms with Crippen molar-refractivity contribution >= 4 is 24.3 Å². The maximum atomic E-state index is 10.6. The van der Waals surface area contributed by atoms with Gasteiger partial charge >= 0.3 is 11.9 Å². The Kier molecular flexibility index (Phi) is 8.42. The van der Waals surface area contributed by atoms with Gasteiger partial charge in [-0.1, -0.05) is 12.1 Å². The lowest BCUT2D eigenvalue weighted by molar-refractivity contribution is -0.139. The summed E-state index contributed by atoms with van der Waals surface area (Å²) < 4.78 is 5.04. The van der Waals surface area contributed by atoms with E-state index in [-0.39, 0.29) is 31.6 Å². The lowest BCUT2D eigenvalue weighted by atomic mass is 10.1. The van der Waals surface area contributed by atoms with E-state index in [1.54, 1.807) is 24.1 Å². The number of aliphatic carboxylic acids is 2. The van der Waals surface area contributed by atoms with Crippen LogP contribution in [0.5, 0.6) is 5.75 Å². The van der Waals surface area contributed by atoms with E-state index in [4.69, 9.17) is 14.9 Å². The molecule has 2 N–H and O–H groups in total. The maximum absolute atomic E-state index is 10.6. The zero-order valence-corrected chi connectivity index (χ0v) is 12.8. The lowest BCUT2D eigenvalue weighted by Gasteiger charge is -2.22. The predicted octanol–water partition coefficient (Wildman–Crippen LogP) is 1.52. The first-order chi connectivity index (χ1) is 9.38. The number of likely N-dealkylation sites (N-methyl/N-ethyl adjacent to an activating group) is 1. The number of nitrogens with zero attached hydrogens (tertiary/aromatic N) is 1. The molecule has 1 atom stereocenters. The van der Waals surface area contributed by atoms with Crippen LogP contribution in [0.1, 0.15) is 12.5 Å². The van der Waals surface area contributed by atoms with E-state index in [0.29, 0.717) is 12.2 Å². The zero-order valence-electron chi connectivity index (χ0n) is 12.0. The van der Waals surface area contributed by atoms with E-state index in [1.807, 2.05) is 19.1 Å². The topological polar surface area (TPSA) is 87.1 Å². The molecule has 0 spiro atoms. The van der Waals surface area contributed by atoms with Crippen LogP contribution in [0.3, 0.4) is 0 Å². The molecule has 1 aromatic rings. The Balaban J connectivity index is 0.00000400. The van der Waals surface area contributed by atoms with Crippen molar-refractivity contribution in [2.24, 2.45) is 0 Å². The van der Waals surface area contributed by atoms with E-state index >= 15 is 0 Å². The second-order valence-electron chi connectivity index (χ2n) is 4.69. The average Bonchev–Trinajstić information content (AvgIpc) is 2.37. The molecule has 0 aliphatic rings. The Bertz CT molecular complexity index is 463. The number of hydrogen-bond donors (Lipinski definition) is 2. The SMILES string of the molecule is C[C@H](Cc1ccc(OCC(=O)O)cc1)N(C)CC(=O)O.Cl. The van der Waals surface area contributed by atoms with Gasteiger partial charge < -0.3 is 14.9 Å². The van der Waals surface area contributed by atoms with Crippen LogP contribution in [-0.4, -0.2) is 53.3 Å². The van der Waals surface area contributed by atoms with E-state index in [1.165, 1.54) is 0 Å². The molecular weight excluding hydrogens is 298 g/mol. The summed E-state index contributed by atoms with van der Waals surface area (Å²) in [6, 6.07) is 7.21. The summed E-state index contributed by atoms with van der Waals surface area (Å²) in [4.78, 5) is 22.8. The Labute approximate surface area is 129 Å². The van der Waals surface area contributed by atoms with Crippen LogP contribution in [0.15, 0.2) is 24.3 Å². The van der Waals surface area contributed by atoms with Gasteiger partial charge in [0, 0.05) is 6.04 Å². The number of carboxylic acids is 2. The molecule has 0 unspecified atom stereocenters. The minimum Gasteiger partial charge on any atom is -0.482 e. The van der Waals surface area contributed by atoms with Crippen LogP contribution in [-0.2, 0) is 16.0 Å². The van der Waals surface area contributed by atoms with Gasteiger partial charge in [-0.25, -0.2) is 4.79 Å². The summed E-state index contributed by atoms with van der Waals surface area (Å²) in [5.41, 5.74) is 1.04. The Hall–Kier alpha value is -1.79. The van der Waals surface area contributed by atoms with E-state index in [2.05, 4.69) is 0 Å². The van der Waals surface area contributed by atoms with Crippen LogP contribution in [0.2, 0.25) is 0 Å². The molecule has 21 heavy (non-hydrogen) atoms. The summed E-state index contributed by atoms with van der Waals surface area (Å²) >= 11 is 0. The normalized spacial score (nSPS) is 11.6. The second kappa shape index (κ2) is 9.20. The molecule has 7 heteroatoms. The monoisotopic (exact) mass is 317 g/mol. The van der Waals surface area contributed by atoms with Gasteiger partial charge in [0.05, 0.1) is 6.54 Å². The molecule has 0 radical (unpaired) electrons. The van der Waals surface area contributed by atoms with Crippen LogP contribution >= 0.6 is 12.4 Å². The van der Waals surface area contributed by atoms with E-state index in [9.17, 15) is 9.59 Å². The van der Waals surface area contributed by atoms with Crippen molar-refractivity contribution in [2.45, 2.75) is 19.4 Å². The van der Waals surface area contributed by atoms with Crippen molar-refractivity contribution in [3.05, 3.63) is 29.8 Å². The van der Waals surface area contributed by atoms with Crippen LogP contribution in [0, 0.1) is 0 Å². The number of hydrogen-bond acceptors (Lipinski definition) is 4. The van der Waals surface area contributed by atoms with Gasteiger partial charge in [0.15, 0.2) is 6.61 Å². The first-order valence-corrected chi connectivity index (χ1v) is 6.24. The summed E-state index contributed by atoms with van der Waals surface area (Å²) in [6.07, 6.45) is 0.711. The smallest absolute Gasteiger partial charge is 0.341 e. The first-order valence-electron chi connectivity index (χ1n) is 6.24. The number of halogens is 1. The highest BCUT2D eigenvalue weighted by molar-refractivity contribution is 5.85. The molecule has 0 aromatic heterocycles. The number of carboxylic acid groups (broad SMARTS) is 2. The second-order valence-corrected chi connectivity index (χ2v) is 4.69. The highest BCUT2D eigenvalue weighted by Gasteiger charge is 2.12. The number of carbonyl (C=O) groups is 2. The fourth-order valence-electron chi connectivity index (χ4n) is 1.73. The fraction of sp³-hybridized carbons (Fsp3) is 0.429. The zero-order chi connectivity index (χ0) is 15.1. The molecule has 6 nitrogen and oxygen atoms in total. The standard InChI is InChI=1S/C14H19NO5.ClH/c1-10(15(2)8-13(16)17)7-11-3-5-12(6-4-11)20-9-14(18)19;/h3-6,10H,7-9H2,1-2H3,(H,16,17)(H,18,19);1H/t10-;/m1./s1. The van der Waals surface area contributed by atoms with Gasteiger partial charge in [0.1, 0.15) is 5.75 Å². The number of benzene rings is 1. The molecule has 0 amide bonds. The van der Waals surface area contributed by atoms with Crippen LogP contribution in [0.25, 0.3) is 0 Å². The fourth-order valence-corrected chi connectivity index (χ4v) is 1.73. The molecule has 0 aliphatic heterocycles. The van der Waals surface area contributed by atoms with Crippen molar-refractivity contribution in [1.82, 2.24) is 4.90 Å². The van der Waals surface area contributed by atoms with Crippen LogP contribution in [0.4, 0.5) is 0 Å². The molecule has 0 heterocycles. The molecule has 0 bridgehead atoms. The van der Waals surface area contributed by atoms with E-state index < -0.39 is 11.9 Å². The lowest BCUT2D eigenvalue weighted by Crippen LogP contribution is -2.35. The van der Waals surface area contributed by atoms with Crippen molar-refractivity contribution in [1.29, 1.82) is 0 Å². The molecule has 1 rings (SSSR count). The average molecular weight is 318 g/mol. The predicted molar refractivity (Wildman–Crippen MR) is 80.3 cm³/mol. The van der Waals surface area contributed by atoms with Gasteiger partial charge in [-0.05, 0) is 38.1 Å².